The van der Waals surface area contributed by atoms with Gasteiger partial charge in [-0.25, -0.2) is 0 Å². The second-order valence-electron chi connectivity index (χ2n) is 4.66. The Hall–Kier alpha value is -0.830. The van der Waals surface area contributed by atoms with Gasteiger partial charge in [0.05, 0.1) is 0 Å². The average Bonchev–Trinajstić information content (AvgIpc) is 2.56. The standard InChI is InChI=1S/C12H20N2O/c13-11-8-12(15)14(9-11)7-6-10-4-2-1-3-5-10/h4,11H,1-3,5-9,13H2. The maximum absolute atomic E-state index is 11.5. The van der Waals surface area contributed by atoms with Gasteiger partial charge in [-0.3, -0.25) is 4.79 Å². The van der Waals surface area contributed by atoms with E-state index in [0.29, 0.717) is 6.42 Å². The molecule has 2 rings (SSSR count). The van der Waals surface area contributed by atoms with Gasteiger partial charge in [0, 0.05) is 25.6 Å². The molecule has 84 valence electrons. The predicted octanol–water partition coefficient (Wildman–Crippen LogP) is 1.44. The van der Waals surface area contributed by atoms with E-state index in [2.05, 4.69) is 6.08 Å². The molecule has 3 heteroatoms. The molecule has 1 heterocycles. The van der Waals surface area contributed by atoms with Crippen LogP contribution in [0.2, 0.25) is 0 Å². The van der Waals surface area contributed by atoms with E-state index in [1.165, 1.54) is 31.3 Å². The zero-order valence-corrected chi connectivity index (χ0v) is 9.24. The third kappa shape index (κ3) is 2.81. The van der Waals surface area contributed by atoms with Crippen molar-refractivity contribution in [2.45, 2.75) is 44.6 Å². The smallest absolute Gasteiger partial charge is 0.224 e. The molecule has 2 aliphatic rings. The highest BCUT2D eigenvalue weighted by atomic mass is 16.2. The minimum absolute atomic E-state index is 0.0674. The quantitative estimate of drug-likeness (QED) is 0.713. The average molecular weight is 208 g/mol. The summed E-state index contributed by atoms with van der Waals surface area (Å²) in [4.78, 5) is 13.4. The van der Waals surface area contributed by atoms with Gasteiger partial charge in [-0.05, 0) is 32.1 Å². The van der Waals surface area contributed by atoms with Gasteiger partial charge in [-0.15, -0.1) is 0 Å². The summed E-state index contributed by atoms with van der Waals surface area (Å²) < 4.78 is 0. The van der Waals surface area contributed by atoms with Crippen LogP contribution in [0.3, 0.4) is 0 Å². The van der Waals surface area contributed by atoms with E-state index < -0.39 is 0 Å². The molecule has 1 amide bonds. The van der Waals surface area contributed by atoms with Gasteiger partial charge in [0.2, 0.25) is 5.91 Å². The van der Waals surface area contributed by atoms with Crippen molar-refractivity contribution in [1.29, 1.82) is 0 Å². The Bertz CT molecular complexity index is 273. The van der Waals surface area contributed by atoms with Crippen molar-refractivity contribution in [2.24, 2.45) is 5.73 Å². The molecule has 0 radical (unpaired) electrons. The molecule has 0 aromatic rings. The minimum atomic E-state index is 0.0674. The molecule has 1 saturated heterocycles. The lowest BCUT2D eigenvalue weighted by atomic mass is 9.97. The van der Waals surface area contributed by atoms with Crippen molar-refractivity contribution in [2.75, 3.05) is 13.1 Å². The molecular formula is C12H20N2O. The van der Waals surface area contributed by atoms with E-state index >= 15 is 0 Å². The van der Waals surface area contributed by atoms with E-state index in [9.17, 15) is 4.79 Å². The summed E-state index contributed by atoms with van der Waals surface area (Å²) in [5, 5.41) is 0. The van der Waals surface area contributed by atoms with E-state index in [1.807, 2.05) is 4.90 Å². The van der Waals surface area contributed by atoms with E-state index in [1.54, 1.807) is 0 Å². The van der Waals surface area contributed by atoms with Crippen molar-refractivity contribution in [3.63, 3.8) is 0 Å². The summed E-state index contributed by atoms with van der Waals surface area (Å²) in [5.41, 5.74) is 7.28. The van der Waals surface area contributed by atoms with Crippen LogP contribution >= 0.6 is 0 Å². The van der Waals surface area contributed by atoms with Gasteiger partial charge in [-0.1, -0.05) is 11.6 Å². The van der Waals surface area contributed by atoms with Crippen molar-refractivity contribution in [3.8, 4) is 0 Å². The molecule has 0 aromatic carbocycles. The maximum Gasteiger partial charge on any atom is 0.224 e. The lowest BCUT2D eigenvalue weighted by Gasteiger charge is -2.18. The van der Waals surface area contributed by atoms with Gasteiger partial charge in [0.25, 0.3) is 0 Å². The van der Waals surface area contributed by atoms with Crippen molar-refractivity contribution in [3.05, 3.63) is 11.6 Å². The molecule has 1 aliphatic heterocycles. The van der Waals surface area contributed by atoms with Crippen molar-refractivity contribution >= 4 is 5.91 Å². The fourth-order valence-electron chi connectivity index (χ4n) is 2.43. The van der Waals surface area contributed by atoms with Gasteiger partial charge >= 0.3 is 0 Å². The Labute approximate surface area is 91.3 Å². The second-order valence-corrected chi connectivity index (χ2v) is 4.66. The van der Waals surface area contributed by atoms with E-state index in [-0.39, 0.29) is 11.9 Å². The number of hydrogen-bond donors (Lipinski definition) is 1. The van der Waals surface area contributed by atoms with Crippen molar-refractivity contribution < 1.29 is 4.79 Å². The first kappa shape index (κ1) is 10.7. The highest BCUT2D eigenvalue weighted by molar-refractivity contribution is 5.79. The summed E-state index contributed by atoms with van der Waals surface area (Å²) in [5.74, 6) is 0.235. The van der Waals surface area contributed by atoms with Crippen molar-refractivity contribution in [1.82, 2.24) is 4.90 Å². The number of carbonyl (C=O) groups is 1. The summed E-state index contributed by atoms with van der Waals surface area (Å²) in [6.45, 7) is 1.63. The molecule has 1 aliphatic carbocycles. The highest BCUT2D eigenvalue weighted by Gasteiger charge is 2.26. The number of rotatable bonds is 3. The first-order chi connectivity index (χ1) is 7.25. The monoisotopic (exact) mass is 208 g/mol. The summed E-state index contributed by atoms with van der Waals surface area (Å²) in [7, 11) is 0. The zero-order valence-electron chi connectivity index (χ0n) is 9.24. The molecule has 0 saturated carbocycles. The SMILES string of the molecule is NC1CC(=O)N(CCC2=CCCCC2)C1. The topological polar surface area (TPSA) is 46.3 Å². The molecular weight excluding hydrogens is 188 g/mol. The number of nitrogens with two attached hydrogens (primary N) is 1. The van der Waals surface area contributed by atoms with Crippen LogP contribution in [-0.4, -0.2) is 29.9 Å². The number of amides is 1. The first-order valence-corrected chi connectivity index (χ1v) is 5.97. The van der Waals surface area contributed by atoms with E-state index in [0.717, 1.165) is 19.5 Å². The number of hydrogen-bond acceptors (Lipinski definition) is 2. The van der Waals surface area contributed by atoms with Crippen LogP contribution in [-0.2, 0) is 4.79 Å². The molecule has 15 heavy (non-hydrogen) atoms. The largest absolute Gasteiger partial charge is 0.341 e. The molecule has 1 atom stereocenters. The first-order valence-electron chi connectivity index (χ1n) is 5.97. The lowest BCUT2D eigenvalue weighted by Crippen LogP contribution is -2.29. The normalized spacial score (nSPS) is 27.0. The van der Waals surface area contributed by atoms with Gasteiger partial charge in [0.15, 0.2) is 0 Å². The fourth-order valence-corrected chi connectivity index (χ4v) is 2.43. The Morgan fingerprint density at radius 1 is 1.47 bits per heavy atom. The molecule has 0 aromatic heterocycles. The molecule has 0 spiro atoms. The number of likely N-dealkylation sites (tertiary alicyclic amines) is 1. The fraction of sp³-hybridized carbons (Fsp3) is 0.750. The molecule has 2 N–H and O–H groups in total. The lowest BCUT2D eigenvalue weighted by molar-refractivity contribution is -0.127. The van der Waals surface area contributed by atoms with Crippen LogP contribution in [0.4, 0.5) is 0 Å². The van der Waals surface area contributed by atoms with E-state index in [4.69, 9.17) is 5.73 Å². The minimum Gasteiger partial charge on any atom is -0.341 e. The van der Waals surface area contributed by atoms with Gasteiger partial charge < -0.3 is 10.6 Å². The van der Waals surface area contributed by atoms with Crippen LogP contribution in [0.5, 0.6) is 0 Å². The Morgan fingerprint density at radius 2 is 2.33 bits per heavy atom. The highest BCUT2D eigenvalue weighted by Crippen LogP contribution is 2.21. The molecule has 3 nitrogen and oxygen atoms in total. The van der Waals surface area contributed by atoms with Gasteiger partial charge in [0.1, 0.15) is 0 Å². The summed E-state index contributed by atoms with van der Waals surface area (Å²) in [6.07, 6.45) is 9.05. The maximum atomic E-state index is 11.5. The van der Waals surface area contributed by atoms with Crippen LogP contribution in [0.1, 0.15) is 38.5 Å². The molecule has 1 fully saturated rings. The second kappa shape index (κ2) is 4.79. The van der Waals surface area contributed by atoms with Crippen LogP contribution in [0.25, 0.3) is 0 Å². The number of carbonyl (C=O) groups excluding carboxylic acids is 1. The number of allylic oxidation sites excluding steroid dienone is 1. The zero-order chi connectivity index (χ0) is 10.7. The summed E-state index contributed by atoms with van der Waals surface area (Å²) in [6, 6.07) is 0.0674. The van der Waals surface area contributed by atoms with Crippen LogP contribution < -0.4 is 5.73 Å². The molecule has 1 unspecified atom stereocenters. The Balaban J connectivity index is 1.78. The third-order valence-corrected chi connectivity index (χ3v) is 3.33. The van der Waals surface area contributed by atoms with Crippen LogP contribution in [0.15, 0.2) is 11.6 Å². The third-order valence-electron chi connectivity index (χ3n) is 3.33. The predicted molar refractivity (Wildman–Crippen MR) is 60.3 cm³/mol. The van der Waals surface area contributed by atoms with Gasteiger partial charge in [-0.2, -0.15) is 0 Å². The summed E-state index contributed by atoms with van der Waals surface area (Å²) >= 11 is 0. The molecule has 0 bridgehead atoms. The van der Waals surface area contributed by atoms with Crippen LogP contribution in [0, 0.1) is 0 Å². The number of nitrogens with zero attached hydrogens (tertiary/aromatic N) is 1. The Morgan fingerprint density at radius 3 is 2.93 bits per heavy atom. The Kier molecular flexibility index (Phi) is 3.41.